The number of amides is 1. The molecular weight excluding hydrogens is 544 g/mol. The van der Waals surface area contributed by atoms with Gasteiger partial charge in [-0.1, -0.05) is 23.7 Å². The van der Waals surface area contributed by atoms with Crippen molar-refractivity contribution in [2.75, 3.05) is 5.32 Å². The number of nitrogens with one attached hydrogen (secondary N) is 2. The van der Waals surface area contributed by atoms with Gasteiger partial charge in [-0.05, 0) is 64.6 Å². The summed E-state index contributed by atoms with van der Waals surface area (Å²) in [6.07, 6.45) is -3.59. The first-order valence-corrected chi connectivity index (χ1v) is 10.4. The minimum atomic E-state index is -4.49. The van der Waals surface area contributed by atoms with Gasteiger partial charge in [-0.15, -0.1) is 0 Å². The smallest absolute Gasteiger partial charge is 0.337 e. The number of alkyl halides is 3. The third-order valence-electron chi connectivity index (χ3n) is 4.42. The lowest BCUT2D eigenvalue weighted by Crippen LogP contribution is -2.14. The highest BCUT2D eigenvalue weighted by atomic mass is 127. The van der Waals surface area contributed by atoms with Crippen LogP contribution in [0.2, 0.25) is 5.02 Å². The maximum Gasteiger partial charge on any atom is 0.417 e. The van der Waals surface area contributed by atoms with Gasteiger partial charge in [0.25, 0.3) is 0 Å². The van der Waals surface area contributed by atoms with Gasteiger partial charge in [0.1, 0.15) is 5.82 Å². The fourth-order valence-corrected chi connectivity index (χ4v) is 3.81. The van der Waals surface area contributed by atoms with Crippen LogP contribution in [0.25, 0.3) is 22.6 Å². The molecule has 2 aromatic heterocycles. The second-order valence-corrected chi connectivity index (χ2v) is 8.33. The largest absolute Gasteiger partial charge is 0.417 e. The first kappa shape index (κ1) is 21.6. The van der Waals surface area contributed by atoms with E-state index < -0.39 is 11.7 Å². The lowest BCUT2D eigenvalue weighted by atomic mass is 10.1. The number of carbonyl (C=O) groups excluding carboxylic acids is 1. The lowest BCUT2D eigenvalue weighted by molar-refractivity contribution is -0.137. The number of aromatic nitrogens is 3. The molecule has 0 unspecified atom stereocenters. The number of hydrogen-bond donors (Lipinski definition) is 2. The fraction of sp³-hybridized carbons (Fsp3) is 0.0952. The Morgan fingerprint density at radius 3 is 2.71 bits per heavy atom. The van der Waals surface area contributed by atoms with Crippen LogP contribution in [0.3, 0.4) is 0 Å². The lowest BCUT2D eigenvalue weighted by Gasteiger charge is -2.08. The van der Waals surface area contributed by atoms with E-state index in [4.69, 9.17) is 11.6 Å². The molecule has 0 aliphatic rings. The minimum absolute atomic E-state index is 0.149. The SMILES string of the molecule is O=C(Cc1cccc(Cl)c1)Nc1ccc(I)c(-c2nc3ncc(C(F)(F)F)cc3[nH]2)c1. The molecule has 2 N–H and O–H groups in total. The van der Waals surface area contributed by atoms with E-state index in [1.165, 1.54) is 0 Å². The monoisotopic (exact) mass is 556 g/mol. The van der Waals surface area contributed by atoms with Gasteiger partial charge >= 0.3 is 6.18 Å². The van der Waals surface area contributed by atoms with Gasteiger partial charge in [0, 0.05) is 26.0 Å². The summed E-state index contributed by atoms with van der Waals surface area (Å²) >= 11 is 8.05. The number of anilines is 1. The van der Waals surface area contributed by atoms with E-state index in [2.05, 4.69) is 42.9 Å². The van der Waals surface area contributed by atoms with Crippen molar-refractivity contribution in [1.82, 2.24) is 15.0 Å². The van der Waals surface area contributed by atoms with Crippen LogP contribution in [0.15, 0.2) is 54.7 Å². The number of hydrogen-bond acceptors (Lipinski definition) is 3. The fourth-order valence-electron chi connectivity index (χ4n) is 3.00. The Hall–Kier alpha value is -2.66. The van der Waals surface area contributed by atoms with Crippen LogP contribution < -0.4 is 5.32 Å². The normalized spacial score (nSPS) is 11.6. The number of benzene rings is 2. The zero-order chi connectivity index (χ0) is 22.2. The Labute approximate surface area is 193 Å². The van der Waals surface area contributed by atoms with Gasteiger partial charge < -0.3 is 10.3 Å². The number of pyridine rings is 1. The van der Waals surface area contributed by atoms with Crippen LogP contribution in [0.5, 0.6) is 0 Å². The van der Waals surface area contributed by atoms with Gasteiger partial charge in [-0.3, -0.25) is 4.79 Å². The Kier molecular flexibility index (Phi) is 5.89. The number of H-pyrrole nitrogens is 1. The number of halogens is 5. The summed E-state index contributed by atoms with van der Waals surface area (Å²) in [7, 11) is 0. The Bertz CT molecular complexity index is 1290. The highest BCUT2D eigenvalue weighted by Gasteiger charge is 2.31. The standard InChI is InChI=1S/C21H13ClF3IN4O/c22-13-3-1-2-11(6-13)7-18(31)28-14-4-5-16(26)15(9-14)19-29-17-8-12(21(23,24)25)10-27-20(17)30-19/h1-6,8-10H,7H2,(H,28,31)(H,27,29,30). The molecule has 0 atom stereocenters. The van der Waals surface area contributed by atoms with Crippen molar-refractivity contribution in [3.05, 3.63) is 74.4 Å². The second-order valence-electron chi connectivity index (χ2n) is 6.73. The molecule has 2 aromatic carbocycles. The van der Waals surface area contributed by atoms with Gasteiger partial charge in [0.2, 0.25) is 5.91 Å². The number of nitrogens with zero attached hydrogens (tertiary/aromatic N) is 2. The van der Waals surface area contributed by atoms with Crippen LogP contribution in [-0.2, 0) is 17.4 Å². The topological polar surface area (TPSA) is 70.7 Å². The van der Waals surface area contributed by atoms with E-state index in [1.807, 2.05) is 0 Å². The van der Waals surface area contributed by atoms with Crippen molar-refractivity contribution in [2.45, 2.75) is 12.6 Å². The minimum Gasteiger partial charge on any atom is -0.337 e. The summed E-state index contributed by atoms with van der Waals surface area (Å²) in [6, 6.07) is 13.2. The van der Waals surface area contributed by atoms with E-state index in [-0.39, 0.29) is 23.5 Å². The molecule has 31 heavy (non-hydrogen) atoms. The van der Waals surface area contributed by atoms with Crippen molar-refractivity contribution in [3.8, 4) is 11.4 Å². The van der Waals surface area contributed by atoms with Crippen LogP contribution in [0.1, 0.15) is 11.1 Å². The molecule has 2 heterocycles. The first-order valence-electron chi connectivity index (χ1n) is 8.96. The second kappa shape index (κ2) is 8.46. The average Bonchev–Trinajstić information content (AvgIpc) is 3.12. The zero-order valence-electron chi connectivity index (χ0n) is 15.6. The predicted molar refractivity (Wildman–Crippen MR) is 121 cm³/mol. The highest BCUT2D eigenvalue weighted by molar-refractivity contribution is 14.1. The van der Waals surface area contributed by atoms with Crippen molar-refractivity contribution >= 4 is 57.0 Å². The molecule has 158 valence electrons. The summed E-state index contributed by atoms with van der Waals surface area (Å²) in [5.41, 5.74) is 1.44. The van der Waals surface area contributed by atoms with Crippen LogP contribution in [-0.4, -0.2) is 20.9 Å². The molecule has 0 fully saturated rings. The predicted octanol–water partition coefficient (Wildman–Crippen LogP) is 6.08. The molecule has 5 nitrogen and oxygen atoms in total. The molecule has 0 saturated carbocycles. The van der Waals surface area contributed by atoms with E-state index in [1.54, 1.807) is 42.5 Å². The Balaban J connectivity index is 1.59. The van der Waals surface area contributed by atoms with E-state index in [0.717, 1.165) is 21.4 Å². The number of aromatic amines is 1. The van der Waals surface area contributed by atoms with E-state index in [0.29, 0.717) is 22.1 Å². The van der Waals surface area contributed by atoms with Crippen molar-refractivity contribution in [2.24, 2.45) is 0 Å². The van der Waals surface area contributed by atoms with Crippen LogP contribution in [0.4, 0.5) is 18.9 Å². The van der Waals surface area contributed by atoms with E-state index in [9.17, 15) is 18.0 Å². The molecule has 10 heteroatoms. The molecule has 1 amide bonds. The van der Waals surface area contributed by atoms with Gasteiger partial charge in [-0.25, -0.2) is 9.97 Å². The van der Waals surface area contributed by atoms with Gasteiger partial charge in [-0.2, -0.15) is 13.2 Å². The van der Waals surface area contributed by atoms with Crippen molar-refractivity contribution < 1.29 is 18.0 Å². The van der Waals surface area contributed by atoms with Crippen LogP contribution in [0, 0.1) is 3.57 Å². The Morgan fingerprint density at radius 2 is 1.97 bits per heavy atom. The molecule has 0 aliphatic heterocycles. The molecule has 4 rings (SSSR count). The van der Waals surface area contributed by atoms with Gasteiger partial charge in [0.15, 0.2) is 5.65 Å². The summed E-state index contributed by atoms with van der Waals surface area (Å²) in [6.45, 7) is 0. The summed E-state index contributed by atoms with van der Waals surface area (Å²) in [5, 5.41) is 3.37. The highest BCUT2D eigenvalue weighted by Crippen LogP contribution is 2.32. The number of imidazole rings is 1. The maximum absolute atomic E-state index is 12.9. The Morgan fingerprint density at radius 1 is 1.16 bits per heavy atom. The first-order chi connectivity index (χ1) is 14.7. The summed E-state index contributed by atoms with van der Waals surface area (Å²) in [5.74, 6) is 0.132. The maximum atomic E-state index is 12.9. The zero-order valence-corrected chi connectivity index (χ0v) is 18.5. The molecular formula is C21H13ClF3IN4O. The molecule has 0 bridgehead atoms. The van der Waals surface area contributed by atoms with Crippen molar-refractivity contribution in [1.29, 1.82) is 0 Å². The number of fused-ring (bicyclic) bond motifs is 1. The van der Waals surface area contributed by atoms with Crippen LogP contribution >= 0.6 is 34.2 Å². The molecule has 0 radical (unpaired) electrons. The van der Waals surface area contributed by atoms with E-state index >= 15 is 0 Å². The molecule has 4 aromatic rings. The average molecular weight is 557 g/mol. The molecule has 0 spiro atoms. The summed E-state index contributed by atoms with van der Waals surface area (Å²) in [4.78, 5) is 23.4. The summed E-state index contributed by atoms with van der Waals surface area (Å²) < 4.78 is 39.6. The molecule has 0 saturated heterocycles. The van der Waals surface area contributed by atoms with Crippen molar-refractivity contribution in [3.63, 3.8) is 0 Å². The number of carbonyl (C=O) groups is 1. The quantitative estimate of drug-likeness (QED) is 0.299. The third-order valence-corrected chi connectivity index (χ3v) is 5.60. The number of rotatable bonds is 4. The van der Waals surface area contributed by atoms with Gasteiger partial charge in [0.05, 0.1) is 17.5 Å². The molecule has 0 aliphatic carbocycles. The third kappa shape index (κ3) is 4.99.